The molecule has 1 saturated heterocycles. The van der Waals surface area contributed by atoms with Crippen LogP contribution in [0.4, 0.5) is 17.6 Å². The molecule has 0 aliphatic carbocycles. The second-order valence-corrected chi connectivity index (χ2v) is 8.28. The van der Waals surface area contributed by atoms with Crippen molar-refractivity contribution in [3.8, 4) is 22.7 Å². The molecule has 0 amide bonds. The van der Waals surface area contributed by atoms with Crippen LogP contribution in [0, 0.1) is 23.3 Å². The van der Waals surface area contributed by atoms with Crippen molar-refractivity contribution in [3.05, 3.63) is 71.9 Å². The zero-order valence-electron chi connectivity index (χ0n) is 18.5. The van der Waals surface area contributed by atoms with Gasteiger partial charge in [0.2, 0.25) is 0 Å². The molecular formula is C22H18F4N6O5. The van der Waals surface area contributed by atoms with Crippen molar-refractivity contribution >= 4 is 0 Å². The number of ether oxygens (including phenoxy) is 1. The van der Waals surface area contributed by atoms with Crippen LogP contribution in [-0.2, 0) is 4.74 Å². The van der Waals surface area contributed by atoms with Gasteiger partial charge in [-0.1, -0.05) is 5.21 Å². The summed E-state index contributed by atoms with van der Waals surface area (Å²) in [5.74, 6) is -5.77. The number of phenolic OH excluding ortho intramolecular Hbond substituents is 1. The molecule has 0 bridgehead atoms. The number of hydrogen-bond acceptors (Lipinski definition) is 9. The molecule has 0 spiro atoms. The third kappa shape index (κ3) is 4.42. The molecule has 1 aliphatic rings. The third-order valence-corrected chi connectivity index (χ3v) is 5.93. The van der Waals surface area contributed by atoms with Gasteiger partial charge in [-0.3, -0.25) is 0 Å². The number of aliphatic hydroxyl groups is 3. The van der Waals surface area contributed by atoms with Gasteiger partial charge in [0.05, 0.1) is 18.5 Å². The minimum atomic E-state index is -1.66. The van der Waals surface area contributed by atoms with Crippen molar-refractivity contribution in [2.75, 3.05) is 6.61 Å². The predicted molar refractivity (Wildman–Crippen MR) is 114 cm³/mol. The number of rotatable bonds is 5. The summed E-state index contributed by atoms with van der Waals surface area (Å²) in [4.78, 5) is 4.06. The van der Waals surface area contributed by atoms with Crippen LogP contribution in [0.3, 0.4) is 0 Å². The maximum Gasteiger partial charge on any atom is 0.194 e. The summed E-state index contributed by atoms with van der Waals surface area (Å²) in [6.45, 7) is -0.689. The van der Waals surface area contributed by atoms with Crippen molar-refractivity contribution in [2.45, 2.75) is 30.5 Å². The van der Waals surface area contributed by atoms with Gasteiger partial charge >= 0.3 is 0 Å². The Morgan fingerprint density at radius 2 is 1.70 bits per heavy atom. The highest BCUT2D eigenvalue weighted by Gasteiger charge is 2.48. The fraction of sp³-hybridized carbons (Fsp3) is 0.273. The summed E-state index contributed by atoms with van der Waals surface area (Å²) in [6.07, 6.45) is -3.52. The molecule has 5 rings (SSSR count). The summed E-state index contributed by atoms with van der Waals surface area (Å²) >= 11 is 0. The van der Waals surface area contributed by atoms with Crippen molar-refractivity contribution in [1.82, 2.24) is 29.8 Å². The van der Waals surface area contributed by atoms with Crippen molar-refractivity contribution in [3.63, 3.8) is 0 Å². The molecule has 194 valence electrons. The quantitative estimate of drug-likeness (QED) is 0.224. The third-order valence-electron chi connectivity index (χ3n) is 5.93. The molecule has 0 unspecified atom stereocenters. The molecule has 4 aromatic rings. The first-order chi connectivity index (χ1) is 17.7. The van der Waals surface area contributed by atoms with Crippen LogP contribution in [0.5, 0.6) is 5.75 Å². The van der Waals surface area contributed by atoms with Gasteiger partial charge in [-0.05, 0) is 18.2 Å². The van der Waals surface area contributed by atoms with Crippen LogP contribution in [0.15, 0.2) is 42.9 Å². The van der Waals surface area contributed by atoms with E-state index >= 15 is 0 Å². The molecular weight excluding hydrogens is 504 g/mol. The van der Waals surface area contributed by atoms with E-state index in [1.807, 2.05) is 0 Å². The van der Waals surface area contributed by atoms with Crippen LogP contribution in [-0.4, -0.2) is 75.1 Å². The highest BCUT2D eigenvalue weighted by atomic mass is 19.2. The Hall–Kier alpha value is -3.92. The van der Waals surface area contributed by atoms with Crippen LogP contribution in [0.1, 0.15) is 18.0 Å². The van der Waals surface area contributed by atoms with E-state index in [1.165, 1.54) is 6.07 Å². The molecule has 2 aromatic carbocycles. The van der Waals surface area contributed by atoms with Crippen LogP contribution in [0.2, 0.25) is 0 Å². The SMILES string of the molecule is OC[C@H]1O[C@@H](c2ncnn2-c2cc(O)cc(F)c2)[C@H](O)[C@@H](n2cc(-c3cc(F)c(F)c(F)c3)nn2)[C@H]1O. The second-order valence-electron chi connectivity index (χ2n) is 8.28. The average Bonchev–Trinajstić information content (AvgIpc) is 3.52. The van der Waals surface area contributed by atoms with Crippen molar-refractivity contribution in [2.24, 2.45) is 0 Å². The Kier molecular flexibility index (Phi) is 6.36. The van der Waals surface area contributed by atoms with Crippen LogP contribution >= 0.6 is 0 Å². The maximum atomic E-state index is 13.9. The maximum absolute atomic E-state index is 13.9. The Balaban J connectivity index is 1.52. The standard InChI is InChI=1S/C22H18F4N6O5/c23-10-3-11(5-12(34)4-10)32-22(27-8-28-32)21-20(36)18(19(35)16(7-33)37-21)31-6-15(29-30-31)9-1-13(24)17(26)14(25)2-9/h1-6,8,16,18-21,33-36H,7H2/t16-,18+,19+,20-,21-/m1/s1. The van der Waals surface area contributed by atoms with E-state index in [0.717, 1.165) is 34.0 Å². The molecule has 4 N–H and O–H groups in total. The Bertz CT molecular complexity index is 1410. The summed E-state index contributed by atoms with van der Waals surface area (Å²) in [7, 11) is 0. The van der Waals surface area contributed by atoms with E-state index in [1.54, 1.807) is 0 Å². The number of benzene rings is 2. The minimum absolute atomic E-state index is 0.0485. The number of hydrogen-bond donors (Lipinski definition) is 4. The van der Waals surface area contributed by atoms with E-state index in [-0.39, 0.29) is 22.8 Å². The summed E-state index contributed by atoms with van der Waals surface area (Å²) in [6, 6.07) is 3.21. The number of nitrogens with zero attached hydrogens (tertiary/aromatic N) is 6. The van der Waals surface area contributed by atoms with E-state index in [9.17, 15) is 38.0 Å². The Morgan fingerprint density at radius 3 is 2.38 bits per heavy atom. The van der Waals surface area contributed by atoms with Crippen LogP contribution in [0.25, 0.3) is 16.9 Å². The van der Waals surface area contributed by atoms with Crippen molar-refractivity contribution in [1.29, 1.82) is 0 Å². The molecule has 5 atom stereocenters. The highest BCUT2D eigenvalue weighted by molar-refractivity contribution is 5.58. The first-order valence-corrected chi connectivity index (χ1v) is 10.8. The van der Waals surface area contributed by atoms with E-state index in [4.69, 9.17) is 4.74 Å². The lowest BCUT2D eigenvalue weighted by Crippen LogP contribution is -2.53. The summed E-state index contributed by atoms with van der Waals surface area (Å²) in [5, 5.41) is 53.2. The molecule has 1 fully saturated rings. The minimum Gasteiger partial charge on any atom is -0.508 e. The number of halogens is 4. The Morgan fingerprint density at radius 1 is 0.973 bits per heavy atom. The largest absolute Gasteiger partial charge is 0.508 e. The van der Waals surface area contributed by atoms with Gasteiger partial charge in [0.25, 0.3) is 0 Å². The van der Waals surface area contributed by atoms with E-state index in [2.05, 4.69) is 20.4 Å². The molecule has 37 heavy (non-hydrogen) atoms. The van der Waals surface area contributed by atoms with Gasteiger partial charge in [-0.2, -0.15) is 5.10 Å². The van der Waals surface area contributed by atoms with E-state index in [0.29, 0.717) is 12.1 Å². The fourth-order valence-electron chi connectivity index (χ4n) is 4.21. The smallest absolute Gasteiger partial charge is 0.194 e. The monoisotopic (exact) mass is 522 g/mol. The normalized spacial score (nSPS) is 23.9. The number of aromatic nitrogens is 6. The summed E-state index contributed by atoms with van der Waals surface area (Å²) in [5.41, 5.74) is -0.203. The number of aromatic hydroxyl groups is 1. The first kappa shape index (κ1) is 24.8. The van der Waals surface area contributed by atoms with Crippen LogP contribution < -0.4 is 0 Å². The van der Waals surface area contributed by atoms with Gasteiger partial charge in [-0.15, -0.1) is 5.10 Å². The van der Waals surface area contributed by atoms with Gasteiger partial charge in [0, 0.05) is 17.7 Å². The zero-order valence-corrected chi connectivity index (χ0v) is 18.5. The lowest BCUT2D eigenvalue weighted by atomic mass is 9.92. The first-order valence-electron chi connectivity index (χ1n) is 10.8. The predicted octanol–water partition coefficient (Wildman–Crippen LogP) is 1.18. The number of phenols is 1. The fourth-order valence-corrected chi connectivity index (χ4v) is 4.21. The molecule has 1 aliphatic heterocycles. The van der Waals surface area contributed by atoms with Crippen molar-refractivity contribution < 1.29 is 42.7 Å². The van der Waals surface area contributed by atoms with E-state index < -0.39 is 66.1 Å². The molecule has 2 aromatic heterocycles. The molecule has 0 saturated carbocycles. The van der Waals surface area contributed by atoms with Gasteiger partial charge in [0.15, 0.2) is 23.3 Å². The molecule has 3 heterocycles. The highest BCUT2D eigenvalue weighted by Crippen LogP contribution is 2.38. The molecule has 15 heteroatoms. The number of aliphatic hydroxyl groups excluding tert-OH is 3. The lowest BCUT2D eigenvalue weighted by molar-refractivity contribution is -0.210. The lowest BCUT2D eigenvalue weighted by Gasteiger charge is -2.41. The van der Waals surface area contributed by atoms with Gasteiger partial charge in [-0.25, -0.2) is 31.9 Å². The zero-order chi connectivity index (χ0) is 26.4. The molecule has 0 radical (unpaired) electrons. The average molecular weight is 522 g/mol. The second kappa shape index (κ2) is 9.51. The van der Waals surface area contributed by atoms with Gasteiger partial charge in [0.1, 0.15) is 54.0 Å². The summed E-state index contributed by atoms with van der Waals surface area (Å²) < 4.78 is 62.4. The van der Waals surface area contributed by atoms with Gasteiger partial charge < -0.3 is 25.2 Å². The molecule has 11 nitrogen and oxygen atoms in total. The Labute approximate surface area is 204 Å². The topological polar surface area (TPSA) is 152 Å².